The molecule has 0 aromatic heterocycles. The summed E-state index contributed by atoms with van der Waals surface area (Å²) >= 11 is -0.245. The normalized spacial score (nSPS) is 14.6. The lowest BCUT2D eigenvalue weighted by Crippen LogP contribution is -2.41. The summed E-state index contributed by atoms with van der Waals surface area (Å²) in [5, 5.41) is 2.67. The van der Waals surface area contributed by atoms with Gasteiger partial charge in [0.05, 0.1) is 24.5 Å². The van der Waals surface area contributed by atoms with Crippen LogP contribution in [0, 0.1) is 0 Å². The molecule has 1 heterocycles. The van der Waals surface area contributed by atoms with Gasteiger partial charge in [-0.15, -0.1) is 0 Å². The summed E-state index contributed by atoms with van der Waals surface area (Å²) in [5.41, 5.74) is -3.50. The third-order valence-electron chi connectivity index (χ3n) is 4.05. The quantitative estimate of drug-likeness (QED) is 0.774. The van der Waals surface area contributed by atoms with E-state index in [1.807, 2.05) is 0 Å². The molecule has 1 saturated heterocycles. The number of thioether (sulfide) groups is 1. The van der Waals surface area contributed by atoms with Crippen molar-refractivity contribution < 1.29 is 27.5 Å². The number of amides is 2. The van der Waals surface area contributed by atoms with Gasteiger partial charge in [0.25, 0.3) is 11.8 Å². The first-order valence-electron chi connectivity index (χ1n) is 8.47. The number of carbonyl (C=O) groups is 2. The predicted octanol–water partition coefficient (Wildman–Crippen LogP) is 4.02. The molecular weight excluding hydrogens is 393 g/mol. The Morgan fingerprint density at radius 3 is 2.29 bits per heavy atom. The van der Waals surface area contributed by atoms with E-state index in [0.29, 0.717) is 37.6 Å². The summed E-state index contributed by atoms with van der Waals surface area (Å²) in [6.07, 6.45) is 0. The van der Waals surface area contributed by atoms with Gasteiger partial charge in [-0.25, -0.2) is 0 Å². The van der Waals surface area contributed by atoms with Gasteiger partial charge in [0.1, 0.15) is 0 Å². The van der Waals surface area contributed by atoms with E-state index in [9.17, 15) is 22.8 Å². The number of halogens is 3. The number of carbonyl (C=O) groups excluding carboxylic acids is 2. The third kappa shape index (κ3) is 5.26. The van der Waals surface area contributed by atoms with Crippen molar-refractivity contribution in [3.63, 3.8) is 0 Å². The van der Waals surface area contributed by atoms with Crippen molar-refractivity contribution in [2.45, 2.75) is 10.4 Å². The molecule has 9 heteroatoms. The molecule has 3 rings (SSSR count). The van der Waals surface area contributed by atoms with Gasteiger partial charge in [0, 0.05) is 23.5 Å². The van der Waals surface area contributed by atoms with Crippen LogP contribution in [-0.4, -0.2) is 48.5 Å². The molecule has 0 aliphatic carbocycles. The van der Waals surface area contributed by atoms with E-state index in [0.717, 1.165) is 0 Å². The van der Waals surface area contributed by atoms with Crippen LogP contribution in [0.3, 0.4) is 0 Å². The number of alkyl halides is 3. The van der Waals surface area contributed by atoms with Crippen molar-refractivity contribution in [3.8, 4) is 0 Å². The number of anilines is 1. The first-order chi connectivity index (χ1) is 13.3. The van der Waals surface area contributed by atoms with Crippen molar-refractivity contribution in [2.24, 2.45) is 0 Å². The van der Waals surface area contributed by atoms with Crippen molar-refractivity contribution in [1.82, 2.24) is 4.90 Å². The molecule has 0 saturated carbocycles. The zero-order valence-corrected chi connectivity index (χ0v) is 15.5. The van der Waals surface area contributed by atoms with Crippen LogP contribution >= 0.6 is 11.8 Å². The van der Waals surface area contributed by atoms with Gasteiger partial charge in [-0.05, 0) is 48.2 Å². The lowest BCUT2D eigenvalue weighted by Gasteiger charge is -2.27. The minimum absolute atomic E-state index is 0.00746. The first kappa shape index (κ1) is 20.2. The minimum Gasteiger partial charge on any atom is -0.378 e. The second kappa shape index (κ2) is 8.66. The van der Waals surface area contributed by atoms with Crippen LogP contribution in [0.25, 0.3) is 0 Å². The van der Waals surface area contributed by atoms with E-state index >= 15 is 0 Å². The van der Waals surface area contributed by atoms with Crippen LogP contribution in [0.5, 0.6) is 0 Å². The Balaban J connectivity index is 1.73. The Bertz CT molecular complexity index is 850. The lowest BCUT2D eigenvalue weighted by molar-refractivity contribution is -0.0328. The zero-order valence-electron chi connectivity index (χ0n) is 14.7. The SMILES string of the molecule is O=C(Nc1ccccc1C(=O)N1CCOCC1)c1ccc(SC(F)(F)F)cc1. The highest BCUT2D eigenvalue weighted by Crippen LogP contribution is 2.36. The monoisotopic (exact) mass is 410 g/mol. The Kier molecular flexibility index (Phi) is 6.25. The maximum atomic E-state index is 12.7. The summed E-state index contributed by atoms with van der Waals surface area (Å²) in [5.74, 6) is -0.720. The fourth-order valence-corrected chi connectivity index (χ4v) is 3.26. The largest absolute Gasteiger partial charge is 0.446 e. The third-order valence-corrected chi connectivity index (χ3v) is 4.79. The number of hydrogen-bond acceptors (Lipinski definition) is 4. The Hall–Kier alpha value is -2.52. The summed E-state index contributed by atoms with van der Waals surface area (Å²) in [6, 6.07) is 11.7. The molecule has 1 aliphatic rings. The van der Waals surface area contributed by atoms with Crippen LogP contribution in [0.15, 0.2) is 53.4 Å². The number of para-hydroxylation sites is 1. The molecule has 1 fully saturated rings. The number of nitrogens with one attached hydrogen (secondary N) is 1. The second-order valence-electron chi connectivity index (χ2n) is 5.98. The van der Waals surface area contributed by atoms with Crippen LogP contribution in [-0.2, 0) is 4.74 Å². The highest BCUT2D eigenvalue weighted by molar-refractivity contribution is 8.00. The minimum atomic E-state index is -4.39. The molecule has 0 atom stereocenters. The van der Waals surface area contributed by atoms with Gasteiger partial charge < -0.3 is 15.0 Å². The molecule has 1 aliphatic heterocycles. The molecule has 0 bridgehead atoms. The first-order valence-corrected chi connectivity index (χ1v) is 9.28. The molecule has 2 amide bonds. The second-order valence-corrected chi connectivity index (χ2v) is 7.11. The van der Waals surface area contributed by atoms with Gasteiger partial charge in [0.15, 0.2) is 0 Å². The van der Waals surface area contributed by atoms with Crippen LogP contribution in [0.4, 0.5) is 18.9 Å². The molecule has 0 unspecified atom stereocenters. The van der Waals surface area contributed by atoms with Gasteiger partial charge in [-0.3, -0.25) is 9.59 Å². The maximum absolute atomic E-state index is 12.7. The van der Waals surface area contributed by atoms with Gasteiger partial charge in [-0.1, -0.05) is 12.1 Å². The van der Waals surface area contributed by atoms with E-state index in [1.54, 1.807) is 29.2 Å². The van der Waals surface area contributed by atoms with Crippen LogP contribution in [0.1, 0.15) is 20.7 Å². The molecule has 28 heavy (non-hydrogen) atoms. The molecule has 148 valence electrons. The fraction of sp³-hybridized carbons (Fsp3) is 0.263. The van der Waals surface area contributed by atoms with Crippen molar-refractivity contribution in [3.05, 3.63) is 59.7 Å². The van der Waals surface area contributed by atoms with Gasteiger partial charge in [0.2, 0.25) is 0 Å². The zero-order chi connectivity index (χ0) is 20.1. The highest BCUT2D eigenvalue weighted by Gasteiger charge is 2.29. The van der Waals surface area contributed by atoms with Gasteiger partial charge >= 0.3 is 5.51 Å². The molecule has 5 nitrogen and oxygen atoms in total. The molecule has 2 aromatic carbocycles. The number of nitrogens with zero attached hydrogens (tertiary/aromatic N) is 1. The highest BCUT2D eigenvalue weighted by atomic mass is 32.2. The lowest BCUT2D eigenvalue weighted by atomic mass is 10.1. The Labute approximate surface area is 163 Å². The van der Waals surface area contributed by atoms with E-state index in [1.165, 1.54) is 24.3 Å². The average Bonchev–Trinajstić information content (AvgIpc) is 2.68. The summed E-state index contributed by atoms with van der Waals surface area (Å²) in [4.78, 5) is 26.8. The van der Waals surface area contributed by atoms with Crippen LogP contribution < -0.4 is 5.32 Å². The summed E-state index contributed by atoms with van der Waals surface area (Å²) < 4.78 is 42.4. The number of rotatable bonds is 4. The molecule has 0 radical (unpaired) electrons. The van der Waals surface area contributed by atoms with Crippen molar-refractivity contribution >= 4 is 29.3 Å². The van der Waals surface area contributed by atoms with E-state index < -0.39 is 11.4 Å². The number of hydrogen-bond donors (Lipinski definition) is 1. The number of benzene rings is 2. The van der Waals surface area contributed by atoms with Crippen molar-refractivity contribution in [2.75, 3.05) is 31.6 Å². The van der Waals surface area contributed by atoms with Gasteiger partial charge in [-0.2, -0.15) is 13.2 Å². The Morgan fingerprint density at radius 2 is 1.64 bits per heavy atom. The summed E-state index contributed by atoms with van der Waals surface area (Å²) in [7, 11) is 0. The topological polar surface area (TPSA) is 58.6 Å². The molecule has 1 N–H and O–H groups in total. The number of ether oxygens (including phenoxy) is 1. The maximum Gasteiger partial charge on any atom is 0.446 e. The van der Waals surface area contributed by atoms with E-state index in [2.05, 4.69) is 5.32 Å². The van der Waals surface area contributed by atoms with Crippen LogP contribution in [0.2, 0.25) is 0 Å². The summed E-state index contributed by atoms with van der Waals surface area (Å²) in [6.45, 7) is 1.87. The van der Waals surface area contributed by atoms with E-state index in [4.69, 9.17) is 4.74 Å². The van der Waals surface area contributed by atoms with E-state index in [-0.39, 0.29) is 28.1 Å². The molecular formula is C19H17F3N2O3S. The smallest absolute Gasteiger partial charge is 0.378 e. The molecule has 2 aromatic rings. The number of morpholine rings is 1. The fourth-order valence-electron chi connectivity index (χ4n) is 2.72. The Morgan fingerprint density at radius 1 is 1.00 bits per heavy atom. The average molecular weight is 410 g/mol. The standard InChI is InChI=1S/C19H17F3N2O3S/c20-19(21,22)28-14-7-5-13(6-8-14)17(25)23-16-4-2-1-3-15(16)18(26)24-9-11-27-12-10-24/h1-8H,9-12H2,(H,23,25). The molecule has 0 spiro atoms. The predicted molar refractivity (Wildman–Crippen MR) is 99.5 cm³/mol. The van der Waals surface area contributed by atoms with Crippen molar-refractivity contribution in [1.29, 1.82) is 0 Å².